The van der Waals surface area contributed by atoms with Crippen LogP contribution in [0, 0.1) is 12.7 Å². The molecule has 0 aromatic heterocycles. The molecule has 2 aromatic carbocycles. The SMILES string of the molecule is COc1ccc(C)cc1C(NN)c1cc(F)ccc1Br. The van der Waals surface area contributed by atoms with Gasteiger partial charge in [-0.25, -0.2) is 9.82 Å². The van der Waals surface area contributed by atoms with Gasteiger partial charge in [-0.1, -0.05) is 33.6 Å². The van der Waals surface area contributed by atoms with Gasteiger partial charge in [0.05, 0.1) is 13.2 Å². The van der Waals surface area contributed by atoms with Crippen LogP contribution in [0.25, 0.3) is 0 Å². The van der Waals surface area contributed by atoms with E-state index in [0.29, 0.717) is 5.75 Å². The summed E-state index contributed by atoms with van der Waals surface area (Å²) in [6, 6.07) is 9.96. The number of hydrogen-bond donors (Lipinski definition) is 2. The molecular weight excluding hydrogens is 323 g/mol. The van der Waals surface area contributed by atoms with Crippen molar-refractivity contribution in [1.82, 2.24) is 5.43 Å². The van der Waals surface area contributed by atoms with E-state index in [0.717, 1.165) is 21.2 Å². The molecule has 0 fully saturated rings. The monoisotopic (exact) mass is 338 g/mol. The predicted molar refractivity (Wildman–Crippen MR) is 81.0 cm³/mol. The smallest absolute Gasteiger partial charge is 0.124 e. The van der Waals surface area contributed by atoms with E-state index in [2.05, 4.69) is 21.4 Å². The minimum absolute atomic E-state index is 0.310. The molecule has 0 bridgehead atoms. The number of benzene rings is 2. The van der Waals surface area contributed by atoms with Crippen LogP contribution in [0.15, 0.2) is 40.9 Å². The maximum absolute atomic E-state index is 13.5. The fourth-order valence-electron chi connectivity index (χ4n) is 2.16. The average Bonchev–Trinajstić information content (AvgIpc) is 2.44. The second-order valence-electron chi connectivity index (χ2n) is 4.51. The first-order valence-corrected chi connectivity index (χ1v) is 6.91. The Morgan fingerprint density at radius 2 is 1.95 bits per heavy atom. The van der Waals surface area contributed by atoms with Crippen LogP contribution in [0.4, 0.5) is 4.39 Å². The topological polar surface area (TPSA) is 47.3 Å². The number of halogens is 2. The van der Waals surface area contributed by atoms with Crippen LogP contribution in [0.3, 0.4) is 0 Å². The fraction of sp³-hybridized carbons (Fsp3) is 0.200. The number of nitrogens with one attached hydrogen (secondary N) is 1. The zero-order valence-corrected chi connectivity index (χ0v) is 12.9. The molecule has 0 aliphatic rings. The van der Waals surface area contributed by atoms with Gasteiger partial charge in [0.2, 0.25) is 0 Å². The lowest BCUT2D eigenvalue weighted by Gasteiger charge is -2.21. The molecule has 0 saturated carbocycles. The molecule has 0 radical (unpaired) electrons. The van der Waals surface area contributed by atoms with Crippen LogP contribution >= 0.6 is 15.9 Å². The highest BCUT2D eigenvalue weighted by molar-refractivity contribution is 9.10. The third kappa shape index (κ3) is 3.00. The fourth-order valence-corrected chi connectivity index (χ4v) is 2.64. The van der Waals surface area contributed by atoms with Gasteiger partial charge >= 0.3 is 0 Å². The molecule has 3 nitrogen and oxygen atoms in total. The van der Waals surface area contributed by atoms with Gasteiger partial charge in [0.15, 0.2) is 0 Å². The van der Waals surface area contributed by atoms with Crippen molar-refractivity contribution in [2.45, 2.75) is 13.0 Å². The Bertz CT molecular complexity index is 619. The first kappa shape index (κ1) is 15.0. The third-order valence-corrected chi connectivity index (χ3v) is 3.85. The molecule has 0 aliphatic carbocycles. The number of rotatable bonds is 4. The van der Waals surface area contributed by atoms with Gasteiger partial charge in [-0.2, -0.15) is 0 Å². The summed E-state index contributed by atoms with van der Waals surface area (Å²) in [5.41, 5.74) is 5.39. The van der Waals surface area contributed by atoms with E-state index in [1.807, 2.05) is 25.1 Å². The highest BCUT2D eigenvalue weighted by Gasteiger charge is 2.20. The Balaban J connectivity index is 2.57. The number of hydrazine groups is 1. The zero-order valence-electron chi connectivity index (χ0n) is 11.3. The average molecular weight is 339 g/mol. The molecule has 0 amide bonds. The number of hydrogen-bond acceptors (Lipinski definition) is 3. The Morgan fingerprint density at radius 3 is 2.60 bits per heavy atom. The second-order valence-corrected chi connectivity index (χ2v) is 5.37. The van der Waals surface area contributed by atoms with Crippen LogP contribution in [0.5, 0.6) is 5.75 Å². The summed E-state index contributed by atoms with van der Waals surface area (Å²) in [4.78, 5) is 0. The standard InChI is InChI=1S/C15H16BrFN2O/c1-9-3-6-14(20-2)12(7-9)15(19-18)11-8-10(17)4-5-13(11)16/h3-8,15,19H,18H2,1-2H3. The predicted octanol–water partition coefficient (Wildman–Crippen LogP) is 3.46. The summed E-state index contributed by atoms with van der Waals surface area (Å²) >= 11 is 3.43. The molecule has 0 saturated heterocycles. The Labute approximate surface area is 126 Å². The molecule has 1 unspecified atom stereocenters. The Hall–Kier alpha value is -1.43. The molecule has 20 heavy (non-hydrogen) atoms. The van der Waals surface area contributed by atoms with E-state index >= 15 is 0 Å². The number of methoxy groups -OCH3 is 1. The zero-order chi connectivity index (χ0) is 14.7. The lowest BCUT2D eigenvalue weighted by Crippen LogP contribution is -2.29. The summed E-state index contributed by atoms with van der Waals surface area (Å²) in [6.07, 6.45) is 0. The molecule has 5 heteroatoms. The van der Waals surface area contributed by atoms with Gasteiger partial charge < -0.3 is 4.74 Å². The van der Waals surface area contributed by atoms with E-state index in [1.54, 1.807) is 13.2 Å². The first-order chi connectivity index (χ1) is 9.56. The summed E-state index contributed by atoms with van der Waals surface area (Å²) in [5, 5.41) is 0. The minimum Gasteiger partial charge on any atom is -0.496 e. The molecule has 1 atom stereocenters. The summed E-state index contributed by atoms with van der Waals surface area (Å²) < 4.78 is 19.7. The minimum atomic E-state index is -0.366. The first-order valence-electron chi connectivity index (χ1n) is 6.12. The van der Waals surface area contributed by atoms with Crippen molar-refractivity contribution >= 4 is 15.9 Å². The van der Waals surface area contributed by atoms with Gasteiger partial charge in [-0.15, -0.1) is 0 Å². The quantitative estimate of drug-likeness (QED) is 0.663. The van der Waals surface area contributed by atoms with Crippen molar-refractivity contribution in [2.75, 3.05) is 7.11 Å². The van der Waals surface area contributed by atoms with Crippen molar-refractivity contribution < 1.29 is 9.13 Å². The maximum Gasteiger partial charge on any atom is 0.124 e. The summed E-state index contributed by atoms with van der Waals surface area (Å²) in [6.45, 7) is 1.98. The van der Waals surface area contributed by atoms with E-state index in [4.69, 9.17) is 10.6 Å². The molecule has 0 heterocycles. The van der Waals surface area contributed by atoms with Crippen molar-refractivity contribution in [2.24, 2.45) is 5.84 Å². The van der Waals surface area contributed by atoms with Crippen molar-refractivity contribution in [3.8, 4) is 5.75 Å². The Kier molecular flexibility index (Phi) is 4.75. The molecule has 2 aromatic rings. The Morgan fingerprint density at radius 1 is 1.20 bits per heavy atom. The largest absolute Gasteiger partial charge is 0.496 e. The summed E-state index contributed by atoms with van der Waals surface area (Å²) in [7, 11) is 1.60. The highest BCUT2D eigenvalue weighted by atomic mass is 79.9. The van der Waals surface area contributed by atoms with Crippen LogP contribution < -0.4 is 16.0 Å². The van der Waals surface area contributed by atoms with Crippen molar-refractivity contribution in [3.05, 3.63) is 63.4 Å². The normalized spacial score (nSPS) is 12.2. The highest BCUT2D eigenvalue weighted by Crippen LogP contribution is 2.34. The molecule has 3 N–H and O–H groups in total. The molecule has 0 aliphatic heterocycles. The molecule has 2 rings (SSSR count). The summed E-state index contributed by atoms with van der Waals surface area (Å²) in [5.74, 6) is 6.07. The van der Waals surface area contributed by atoms with E-state index < -0.39 is 0 Å². The maximum atomic E-state index is 13.5. The second kappa shape index (κ2) is 6.35. The number of aryl methyl sites for hydroxylation is 1. The molecule has 106 valence electrons. The number of nitrogens with two attached hydrogens (primary N) is 1. The van der Waals surface area contributed by atoms with Gasteiger partial charge in [-0.3, -0.25) is 5.84 Å². The van der Waals surface area contributed by atoms with Crippen LogP contribution in [0.2, 0.25) is 0 Å². The van der Waals surface area contributed by atoms with Gasteiger partial charge in [0.25, 0.3) is 0 Å². The van der Waals surface area contributed by atoms with Crippen LogP contribution in [-0.4, -0.2) is 7.11 Å². The molecular formula is C15H16BrFN2O. The van der Waals surface area contributed by atoms with Gasteiger partial charge in [0, 0.05) is 10.0 Å². The van der Waals surface area contributed by atoms with E-state index in [1.165, 1.54) is 12.1 Å². The van der Waals surface area contributed by atoms with Crippen molar-refractivity contribution in [3.63, 3.8) is 0 Å². The van der Waals surface area contributed by atoms with Gasteiger partial charge in [-0.05, 0) is 36.8 Å². The van der Waals surface area contributed by atoms with E-state index in [-0.39, 0.29) is 11.9 Å². The third-order valence-electron chi connectivity index (χ3n) is 3.13. The molecule has 0 spiro atoms. The van der Waals surface area contributed by atoms with Gasteiger partial charge in [0.1, 0.15) is 11.6 Å². The number of ether oxygens (including phenoxy) is 1. The van der Waals surface area contributed by atoms with Crippen LogP contribution in [0.1, 0.15) is 22.7 Å². The van der Waals surface area contributed by atoms with Crippen LogP contribution in [-0.2, 0) is 0 Å². The lowest BCUT2D eigenvalue weighted by molar-refractivity contribution is 0.404. The lowest BCUT2D eigenvalue weighted by atomic mass is 9.97. The van der Waals surface area contributed by atoms with Crippen molar-refractivity contribution in [1.29, 1.82) is 0 Å². The van der Waals surface area contributed by atoms with E-state index in [9.17, 15) is 4.39 Å².